The lowest BCUT2D eigenvalue weighted by Gasteiger charge is -2.17. The van der Waals surface area contributed by atoms with Gasteiger partial charge in [-0.2, -0.15) is 11.3 Å². The SMILES string of the molecule is CCN(CC)CCc1ccc2ccn(-c3ccsc3)c2c1. The van der Waals surface area contributed by atoms with Crippen molar-refractivity contribution in [1.29, 1.82) is 0 Å². The highest BCUT2D eigenvalue weighted by atomic mass is 32.1. The molecule has 0 aliphatic rings. The molecular formula is C18H22N2S. The van der Waals surface area contributed by atoms with E-state index < -0.39 is 0 Å². The Balaban J connectivity index is 1.87. The van der Waals surface area contributed by atoms with E-state index in [-0.39, 0.29) is 0 Å². The summed E-state index contributed by atoms with van der Waals surface area (Å²) in [5.41, 5.74) is 3.99. The molecule has 3 aromatic rings. The first kappa shape index (κ1) is 14.4. The predicted octanol–water partition coefficient (Wildman–Crippen LogP) is 4.58. The van der Waals surface area contributed by atoms with Crippen molar-refractivity contribution in [2.24, 2.45) is 0 Å². The number of thiophene rings is 1. The van der Waals surface area contributed by atoms with E-state index in [1.54, 1.807) is 11.3 Å². The zero-order chi connectivity index (χ0) is 14.7. The number of benzene rings is 1. The standard InChI is InChI=1S/C18H22N2S/c1-3-19(4-2)10-7-15-5-6-16-8-11-20(18(16)13-15)17-9-12-21-14-17/h5-6,8-9,11-14H,3-4,7,10H2,1-2H3. The molecule has 0 saturated carbocycles. The number of fused-ring (bicyclic) bond motifs is 1. The summed E-state index contributed by atoms with van der Waals surface area (Å²) >= 11 is 1.74. The zero-order valence-corrected chi connectivity index (χ0v) is 13.6. The van der Waals surface area contributed by atoms with E-state index in [9.17, 15) is 0 Å². The zero-order valence-electron chi connectivity index (χ0n) is 12.7. The first-order valence-electron chi connectivity index (χ1n) is 7.66. The van der Waals surface area contributed by atoms with Crippen molar-refractivity contribution in [1.82, 2.24) is 9.47 Å². The van der Waals surface area contributed by atoms with Gasteiger partial charge in [-0.15, -0.1) is 0 Å². The molecular weight excluding hydrogens is 276 g/mol. The molecule has 0 bridgehead atoms. The van der Waals surface area contributed by atoms with Crippen molar-refractivity contribution in [2.45, 2.75) is 20.3 Å². The van der Waals surface area contributed by atoms with Crippen LogP contribution in [0.4, 0.5) is 0 Å². The van der Waals surface area contributed by atoms with Crippen LogP contribution in [-0.4, -0.2) is 29.1 Å². The molecule has 0 N–H and O–H groups in total. The molecule has 110 valence electrons. The molecule has 0 atom stereocenters. The number of nitrogens with zero attached hydrogens (tertiary/aromatic N) is 2. The summed E-state index contributed by atoms with van der Waals surface area (Å²) in [6, 6.07) is 11.2. The fourth-order valence-corrected chi connectivity index (χ4v) is 3.40. The Hall–Kier alpha value is -1.58. The van der Waals surface area contributed by atoms with E-state index in [0.29, 0.717) is 0 Å². The summed E-state index contributed by atoms with van der Waals surface area (Å²) in [6.45, 7) is 7.86. The molecule has 0 unspecified atom stereocenters. The minimum atomic E-state index is 1.12. The largest absolute Gasteiger partial charge is 0.316 e. The number of aromatic nitrogens is 1. The highest BCUT2D eigenvalue weighted by Gasteiger charge is 2.06. The minimum absolute atomic E-state index is 1.12. The Bertz CT molecular complexity index is 693. The first-order chi connectivity index (χ1) is 10.3. The molecule has 3 heteroatoms. The summed E-state index contributed by atoms with van der Waals surface area (Å²) in [5, 5.41) is 5.64. The van der Waals surface area contributed by atoms with E-state index in [1.807, 2.05) is 0 Å². The normalized spacial score (nSPS) is 11.6. The Morgan fingerprint density at radius 3 is 2.67 bits per heavy atom. The third kappa shape index (κ3) is 3.04. The summed E-state index contributed by atoms with van der Waals surface area (Å²) in [4.78, 5) is 2.47. The van der Waals surface area contributed by atoms with Crippen LogP contribution in [0.1, 0.15) is 19.4 Å². The van der Waals surface area contributed by atoms with Crippen molar-refractivity contribution in [2.75, 3.05) is 19.6 Å². The third-order valence-corrected chi connectivity index (χ3v) is 4.82. The molecule has 3 rings (SSSR count). The highest BCUT2D eigenvalue weighted by molar-refractivity contribution is 7.08. The predicted molar refractivity (Wildman–Crippen MR) is 92.6 cm³/mol. The second-order valence-electron chi connectivity index (χ2n) is 5.34. The van der Waals surface area contributed by atoms with Crippen molar-refractivity contribution in [3.8, 4) is 5.69 Å². The molecule has 1 aromatic carbocycles. The average molecular weight is 298 g/mol. The summed E-state index contributed by atoms with van der Waals surface area (Å²) < 4.78 is 2.28. The second-order valence-corrected chi connectivity index (χ2v) is 6.12. The summed E-state index contributed by atoms with van der Waals surface area (Å²) in [5.74, 6) is 0. The minimum Gasteiger partial charge on any atom is -0.316 e. The first-order valence-corrected chi connectivity index (χ1v) is 8.61. The molecule has 0 aliphatic heterocycles. The number of hydrogen-bond acceptors (Lipinski definition) is 2. The summed E-state index contributed by atoms with van der Waals surface area (Å²) in [7, 11) is 0. The molecule has 0 amide bonds. The fraction of sp³-hybridized carbons (Fsp3) is 0.333. The number of hydrogen-bond donors (Lipinski definition) is 0. The van der Waals surface area contributed by atoms with E-state index in [4.69, 9.17) is 0 Å². The van der Waals surface area contributed by atoms with Crippen LogP contribution in [-0.2, 0) is 6.42 Å². The van der Waals surface area contributed by atoms with Gasteiger partial charge in [-0.05, 0) is 54.0 Å². The molecule has 0 aliphatic carbocycles. The van der Waals surface area contributed by atoms with Gasteiger partial charge in [0, 0.05) is 18.1 Å². The van der Waals surface area contributed by atoms with E-state index in [1.165, 1.54) is 22.2 Å². The van der Waals surface area contributed by atoms with Gasteiger partial charge in [-0.3, -0.25) is 0 Å². The Labute approximate surface area is 130 Å². The lowest BCUT2D eigenvalue weighted by atomic mass is 10.1. The van der Waals surface area contributed by atoms with Crippen LogP contribution in [0.2, 0.25) is 0 Å². The topological polar surface area (TPSA) is 8.17 Å². The molecule has 2 heterocycles. The lowest BCUT2D eigenvalue weighted by molar-refractivity contribution is 0.308. The van der Waals surface area contributed by atoms with Gasteiger partial charge < -0.3 is 9.47 Å². The molecule has 0 fully saturated rings. The smallest absolute Gasteiger partial charge is 0.0562 e. The van der Waals surface area contributed by atoms with Crippen molar-refractivity contribution in [3.63, 3.8) is 0 Å². The maximum Gasteiger partial charge on any atom is 0.0562 e. The second kappa shape index (κ2) is 6.46. The van der Waals surface area contributed by atoms with Gasteiger partial charge in [0.25, 0.3) is 0 Å². The fourth-order valence-electron chi connectivity index (χ4n) is 2.78. The van der Waals surface area contributed by atoms with Crippen LogP contribution in [0.5, 0.6) is 0 Å². The van der Waals surface area contributed by atoms with Crippen LogP contribution in [0.15, 0.2) is 47.3 Å². The van der Waals surface area contributed by atoms with Crippen LogP contribution in [0.25, 0.3) is 16.6 Å². The number of rotatable bonds is 6. The molecule has 2 aromatic heterocycles. The van der Waals surface area contributed by atoms with Gasteiger partial charge in [-0.25, -0.2) is 0 Å². The molecule has 0 spiro atoms. The van der Waals surface area contributed by atoms with E-state index >= 15 is 0 Å². The maximum absolute atomic E-state index is 2.47. The van der Waals surface area contributed by atoms with Crippen molar-refractivity contribution < 1.29 is 0 Å². The van der Waals surface area contributed by atoms with E-state index in [0.717, 1.165) is 26.1 Å². The quantitative estimate of drug-likeness (QED) is 0.647. The Morgan fingerprint density at radius 1 is 1.10 bits per heavy atom. The number of likely N-dealkylation sites (N-methyl/N-ethyl adjacent to an activating group) is 1. The van der Waals surface area contributed by atoms with Crippen LogP contribution in [0.3, 0.4) is 0 Å². The summed E-state index contributed by atoms with van der Waals surface area (Å²) in [6.07, 6.45) is 3.29. The van der Waals surface area contributed by atoms with Gasteiger partial charge in [-0.1, -0.05) is 26.0 Å². The van der Waals surface area contributed by atoms with Gasteiger partial charge in [0.1, 0.15) is 0 Å². The van der Waals surface area contributed by atoms with Crippen molar-refractivity contribution >= 4 is 22.2 Å². The molecule has 0 saturated heterocycles. The van der Waals surface area contributed by atoms with Gasteiger partial charge in [0.15, 0.2) is 0 Å². The van der Waals surface area contributed by atoms with Gasteiger partial charge in [0.05, 0.1) is 11.2 Å². The average Bonchev–Trinajstić information content (AvgIpc) is 3.16. The Kier molecular flexibility index (Phi) is 4.42. The molecule has 0 radical (unpaired) electrons. The van der Waals surface area contributed by atoms with Gasteiger partial charge >= 0.3 is 0 Å². The van der Waals surface area contributed by atoms with Crippen LogP contribution >= 0.6 is 11.3 Å². The van der Waals surface area contributed by atoms with Crippen molar-refractivity contribution in [3.05, 3.63) is 52.9 Å². The van der Waals surface area contributed by atoms with Crippen LogP contribution in [0, 0.1) is 0 Å². The lowest BCUT2D eigenvalue weighted by Crippen LogP contribution is -2.25. The molecule has 2 nitrogen and oxygen atoms in total. The van der Waals surface area contributed by atoms with Gasteiger partial charge in [0.2, 0.25) is 0 Å². The third-order valence-electron chi connectivity index (χ3n) is 4.15. The highest BCUT2D eigenvalue weighted by Crippen LogP contribution is 2.23. The molecule has 21 heavy (non-hydrogen) atoms. The van der Waals surface area contributed by atoms with E-state index in [2.05, 4.69) is 70.6 Å². The van der Waals surface area contributed by atoms with Crippen LogP contribution < -0.4 is 0 Å². The maximum atomic E-state index is 2.47. The monoisotopic (exact) mass is 298 g/mol. The Morgan fingerprint density at radius 2 is 1.95 bits per heavy atom.